The molecule has 18 heavy (non-hydrogen) atoms. The largest absolute Gasteiger partial charge is 0.149 e. The van der Waals surface area contributed by atoms with E-state index in [9.17, 15) is 0 Å². The second-order valence-corrected chi connectivity index (χ2v) is 6.66. The molecule has 0 radical (unpaired) electrons. The second kappa shape index (κ2) is 9.72. The number of unbranched alkanes of at least 4 members (excludes halogenated alkanes) is 4. The zero-order valence-corrected chi connectivity index (χ0v) is 13.3. The van der Waals surface area contributed by atoms with Crippen LogP contribution in [0.3, 0.4) is 0 Å². The van der Waals surface area contributed by atoms with Crippen LogP contribution < -0.4 is 0 Å². The van der Waals surface area contributed by atoms with Gasteiger partial charge in [-0.25, -0.2) is 0 Å². The van der Waals surface area contributed by atoms with E-state index in [2.05, 4.69) is 44.7 Å². The maximum absolute atomic E-state index is 2.57. The lowest BCUT2D eigenvalue weighted by Gasteiger charge is -2.23. The third-order valence-electron chi connectivity index (χ3n) is 3.64. The molecular formula is C17H30S. The first-order valence-corrected chi connectivity index (χ1v) is 8.79. The molecule has 0 fully saturated rings. The quantitative estimate of drug-likeness (QED) is 0.376. The maximum atomic E-state index is 2.57. The lowest BCUT2D eigenvalue weighted by molar-refractivity contribution is 0.712. The lowest BCUT2D eigenvalue weighted by atomic mass is 10.00. The van der Waals surface area contributed by atoms with Crippen molar-refractivity contribution in [2.24, 2.45) is 0 Å². The maximum Gasteiger partial charge on any atom is 0.0294 e. The van der Waals surface area contributed by atoms with Crippen LogP contribution in [0.4, 0.5) is 0 Å². The highest BCUT2D eigenvalue weighted by molar-refractivity contribution is 8.00. The van der Waals surface area contributed by atoms with E-state index < -0.39 is 0 Å². The van der Waals surface area contributed by atoms with Crippen LogP contribution in [-0.2, 0) is 0 Å². The molecule has 1 aliphatic rings. The number of hydrogen-bond donors (Lipinski definition) is 0. The summed E-state index contributed by atoms with van der Waals surface area (Å²) >= 11 is 2.16. The molecule has 1 rings (SSSR count). The fraction of sp³-hybridized carbons (Fsp3) is 0.765. The van der Waals surface area contributed by atoms with Crippen molar-refractivity contribution in [3.05, 3.63) is 23.3 Å². The second-order valence-electron chi connectivity index (χ2n) is 5.46. The minimum atomic E-state index is 0.780. The molecule has 1 heterocycles. The highest BCUT2D eigenvalue weighted by atomic mass is 32.2. The molecule has 0 spiro atoms. The number of hydrogen-bond acceptors (Lipinski definition) is 1. The van der Waals surface area contributed by atoms with Crippen LogP contribution in [0.1, 0.15) is 72.1 Å². The van der Waals surface area contributed by atoms with Crippen LogP contribution in [0.5, 0.6) is 0 Å². The Morgan fingerprint density at radius 3 is 2.67 bits per heavy atom. The predicted octanol–water partition coefficient (Wildman–Crippen LogP) is 6.14. The Balaban J connectivity index is 2.48. The van der Waals surface area contributed by atoms with Gasteiger partial charge in [0.2, 0.25) is 0 Å². The molecule has 0 aliphatic carbocycles. The fourth-order valence-electron chi connectivity index (χ4n) is 2.38. The van der Waals surface area contributed by atoms with Gasteiger partial charge in [-0.05, 0) is 39.0 Å². The molecular weight excluding hydrogens is 236 g/mol. The summed E-state index contributed by atoms with van der Waals surface area (Å²) in [5, 5.41) is 0.780. The summed E-state index contributed by atoms with van der Waals surface area (Å²) in [6, 6.07) is 0. The number of rotatable bonds is 8. The van der Waals surface area contributed by atoms with Gasteiger partial charge in [-0.1, -0.05) is 56.4 Å². The number of thioether (sulfide) groups is 1. The Bertz CT molecular complexity index is 275. The Morgan fingerprint density at radius 1 is 1.28 bits per heavy atom. The van der Waals surface area contributed by atoms with E-state index in [1.165, 1.54) is 57.1 Å². The molecule has 0 aromatic rings. The molecule has 0 amide bonds. The van der Waals surface area contributed by atoms with Crippen molar-refractivity contribution in [3.63, 3.8) is 0 Å². The zero-order chi connectivity index (χ0) is 13.2. The van der Waals surface area contributed by atoms with Crippen molar-refractivity contribution >= 4 is 11.8 Å². The van der Waals surface area contributed by atoms with E-state index in [0.717, 1.165) is 5.25 Å². The van der Waals surface area contributed by atoms with Crippen molar-refractivity contribution < 1.29 is 0 Å². The molecule has 1 aliphatic heterocycles. The van der Waals surface area contributed by atoms with E-state index in [1.807, 2.05) is 0 Å². The first kappa shape index (κ1) is 15.9. The summed E-state index contributed by atoms with van der Waals surface area (Å²) < 4.78 is 0. The van der Waals surface area contributed by atoms with Crippen LogP contribution in [0.15, 0.2) is 23.3 Å². The molecule has 0 N–H and O–H groups in total. The topological polar surface area (TPSA) is 0 Å². The zero-order valence-electron chi connectivity index (χ0n) is 12.5. The fourth-order valence-corrected chi connectivity index (χ4v) is 3.63. The van der Waals surface area contributed by atoms with Gasteiger partial charge in [0, 0.05) is 11.0 Å². The van der Waals surface area contributed by atoms with Crippen molar-refractivity contribution in [2.45, 2.75) is 77.4 Å². The monoisotopic (exact) mass is 266 g/mol. The van der Waals surface area contributed by atoms with Crippen LogP contribution >= 0.6 is 11.8 Å². The molecule has 1 unspecified atom stereocenters. The Labute approximate surface area is 118 Å². The molecule has 104 valence electrons. The Kier molecular flexibility index (Phi) is 8.58. The molecule has 0 aromatic heterocycles. The third-order valence-corrected chi connectivity index (χ3v) is 5.16. The van der Waals surface area contributed by atoms with Crippen molar-refractivity contribution in [3.8, 4) is 0 Å². The average molecular weight is 266 g/mol. The molecule has 1 heteroatoms. The van der Waals surface area contributed by atoms with E-state index in [4.69, 9.17) is 0 Å². The first-order valence-electron chi connectivity index (χ1n) is 7.74. The predicted molar refractivity (Wildman–Crippen MR) is 86.4 cm³/mol. The van der Waals surface area contributed by atoms with E-state index in [1.54, 1.807) is 11.1 Å². The van der Waals surface area contributed by atoms with E-state index in [-0.39, 0.29) is 0 Å². The summed E-state index contributed by atoms with van der Waals surface area (Å²) in [7, 11) is 0. The summed E-state index contributed by atoms with van der Waals surface area (Å²) in [6.45, 7) is 6.85. The van der Waals surface area contributed by atoms with E-state index >= 15 is 0 Å². The van der Waals surface area contributed by atoms with Gasteiger partial charge in [0.1, 0.15) is 0 Å². The standard InChI is InChI=1S/C17H30S/c1-4-6-8-9-11-16(10-7-5-2)17-13-12-15(3)14-18-17/h11-12,17H,4-10,13-14H2,1-3H3. The van der Waals surface area contributed by atoms with Gasteiger partial charge >= 0.3 is 0 Å². The molecule has 0 bridgehead atoms. The smallest absolute Gasteiger partial charge is 0.0294 e. The van der Waals surface area contributed by atoms with Crippen LogP contribution in [0, 0.1) is 0 Å². The van der Waals surface area contributed by atoms with Gasteiger partial charge < -0.3 is 0 Å². The molecule has 0 saturated heterocycles. The van der Waals surface area contributed by atoms with Crippen molar-refractivity contribution in [1.82, 2.24) is 0 Å². The Hall–Kier alpha value is -0.170. The van der Waals surface area contributed by atoms with Crippen LogP contribution in [-0.4, -0.2) is 11.0 Å². The summed E-state index contributed by atoms with van der Waals surface area (Å²) in [5.74, 6) is 1.24. The highest BCUT2D eigenvalue weighted by Gasteiger charge is 2.16. The normalized spacial score (nSPS) is 20.9. The van der Waals surface area contributed by atoms with Crippen LogP contribution in [0.25, 0.3) is 0 Å². The summed E-state index contributed by atoms with van der Waals surface area (Å²) in [4.78, 5) is 0. The first-order chi connectivity index (χ1) is 8.77. The van der Waals surface area contributed by atoms with Crippen LogP contribution in [0.2, 0.25) is 0 Å². The van der Waals surface area contributed by atoms with Crippen molar-refractivity contribution in [2.75, 3.05) is 5.75 Å². The minimum absolute atomic E-state index is 0.780. The van der Waals surface area contributed by atoms with Crippen molar-refractivity contribution in [1.29, 1.82) is 0 Å². The van der Waals surface area contributed by atoms with Gasteiger partial charge in [-0.2, -0.15) is 0 Å². The molecule has 0 aromatic carbocycles. The summed E-state index contributed by atoms with van der Waals surface area (Å²) in [6.07, 6.45) is 15.7. The van der Waals surface area contributed by atoms with Gasteiger partial charge in [-0.3, -0.25) is 0 Å². The molecule has 0 nitrogen and oxygen atoms in total. The van der Waals surface area contributed by atoms with Gasteiger partial charge in [-0.15, -0.1) is 11.8 Å². The van der Waals surface area contributed by atoms with Gasteiger partial charge in [0.25, 0.3) is 0 Å². The lowest BCUT2D eigenvalue weighted by Crippen LogP contribution is -2.11. The SMILES string of the molecule is CCCCCC=C(CCCC)C1CC=C(C)CS1. The number of allylic oxidation sites excluding steroid dienone is 2. The van der Waals surface area contributed by atoms with Gasteiger partial charge in [0.05, 0.1) is 0 Å². The van der Waals surface area contributed by atoms with E-state index in [0.29, 0.717) is 0 Å². The molecule has 1 atom stereocenters. The third kappa shape index (κ3) is 6.13. The highest BCUT2D eigenvalue weighted by Crippen LogP contribution is 2.32. The summed E-state index contributed by atoms with van der Waals surface area (Å²) in [5.41, 5.74) is 3.30. The minimum Gasteiger partial charge on any atom is -0.149 e. The Morgan fingerprint density at radius 2 is 2.06 bits per heavy atom. The van der Waals surface area contributed by atoms with Gasteiger partial charge in [0.15, 0.2) is 0 Å². The average Bonchev–Trinajstić information content (AvgIpc) is 2.39. The molecule has 0 saturated carbocycles.